The summed E-state index contributed by atoms with van der Waals surface area (Å²) in [5, 5.41) is 3.42. The lowest BCUT2D eigenvalue weighted by molar-refractivity contribution is 0.370. The summed E-state index contributed by atoms with van der Waals surface area (Å²) >= 11 is 0. The van der Waals surface area contributed by atoms with Gasteiger partial charge in [-0.1, -0.05) is 26.0 Å². The van der Waals surface area contributed by atoms with E-state index < -0.39 is 0 Å². The van der Waals surface area contributed by atoms with Crippen molar-refractivity contribution in [3.8, 4) is 5.75 Å². The van der Waals surface area contributed by atoms with Crippen molar-refractivity contribution < 1.29 is 4.74 Å². The van der Waals surface area contributed by atoms with Crippen molar-refractivity contribution in [1.29, 1.82) is 0 Å². The maximum Gasteiger partial charge on any atom is 0.193 e. The molecule has 1 saturated heterocycles. The molecule has 4 nitrogen and oxygen atoms in total. The predicted octanol–water partition coefficient (Wildman–Crippen LogP) is 2.94. The minimum atomic E-state index is 0.392. The number of nitrogens with one attached hydrogen (secondary N) is 1. The minimum absolute atomic E-state index is 0.392. The van der Waals surface area contributed by atoms with Gasteiger partial charge in [0.1, 0.15) is 5.75 Å². The van der Waals surface area contributed by atoms with E-state index in [4.69, 9.17) is 9.73 Å². The second-order valence-electron chi connectivity index (χ2n) is 6.67. The molecule has 1 aromatic carbocycles. The molecule has 1 heterocycles. The summed E-state index contributed by atoms with van der Waals surface area (Å²) in [4.78, 5) is 7.19. The highest BCUT2D eigenvalue weighted by Gasteiger charge is 2.30. The average Bonchev–Trinajstić information content (AvgIpc) is 2.86. The first-order valence-corrected chi connectivity index (χ1v) is 8.20. The van der Waals surface area contributed by atoms with E-state index in [2.05, 4.69) is 43.1 Å². The van der Waals surface area contributed by atoms with Gasteiger partial charge in [0.15, 0.2) is 5.96 Å². The van der Waals surface area contributed by atoms with E-state index >= 15 is 0 Å². The van der Waals surface area contributed by atoms with Crippen LogP contribution >= 0.6 is 0 Å². The number of aliphatic imine (C=N–C) groups is 1. The molecule has 1 fully saturated rings. The second kappa shape index (κ2) is 7.52. The molecule has 0 aliphatic carbocycles. The molecule has 1 N–H and O–H groups in total. The van der Waals surface area contributed by atoms with E-state index in [1.165, 1.54) is 12.0 Å². The van der Waals surface area contributed by atoms with Crippen molar-refractivity contribution in [1.82, 2.24) is 10.2 Å². The summed E-state index contributed by atoms with van der Waals surface area (Å²) in [6.07, 6.45) is 2.16. The van der Waals surface area contributed by atoms with Crippen LogP contribution in [0.3, 0.4) is 0 Å². The van der Waals surface area contributed by atoms with Crippen molar-refractivity contribution in [3.63, 3.8) is 0 Å². The van der Waals surface area contributed by atoms with Crippen molar-refractivity contribution >= 4 is 5.96 Å². The van der Waals surface area contributed by atoms with E-state index in [0.29, 0.717) is 5.41 Å². The number of nitrogens with zero attached hydrogens (tertiary/aromatic N) is 2. The summed E-state index contributed by atoms with van der Waals surface area (Å²) in [6.45, 7) is 10.7. The highest BCUT2D eigenvalue weighted by molar-refractivity contribution is 5.80. The molecule has 0 atom stereocenters. The lowest BCUT2D eigenvalue weighted by Crippen LogP contribution is -2.40. The Morgan fingerprint density at radius 3 is 2.86 bits per heavy atom. The number of rotatable bonds is 5. The fraction of sp³-hybridized carbons (Fsp3) is 0.611. The van der Waals surface area contributed by atoms with E-state index in [9.17, 15) is 0 Å². The normalized spacial score (nSPS) is 17.6. The molecule has 4 heteroatoms. The fourth-order valence-electron chi connectivity index (χ4n) is 2.84. The van der Waals surface area contributed by atoms with Gasteiger partial charge in [-0.3, -0.25) is 4.99 Å². The van der Waals surface area contributed by atoms with Crippen molar-refractivity contribution in [2.24, 2.45) is 10.4 Å². The number of benzene rings is 1. The molecule has 0 aromatic heterocycles. The molecule has 0 amide bonds. The first-order valence-electron chi connectivity index (χ1n) is 8.20. The Morgan fingerprint density at radius 1 is 1.41 bits per heavy atom. The largest absolute Gasteiger partial charge is 0.497 e. The van der Waals surface area contributed by atoms with Crippen LogP contribution in [0.1, 0.15) is 32.8 Å². The SMILES string of the molecule is CCNC(=NCCc1cccc(OC)c1)N1CCC(C)(C)C1. The first-order chi connectivity index (χ1) is 10.5. The van der Waals surface area contributed by atoms with Gasteiger partial charge in [0.2, 0.25) is 0 Å². The average molecular weight is 303 g/mol. The summed E-state index contributed by atoms with van der Waals surface area (Å²) in [5.74, 6) is 1.96. The van der Waals surface area contributed by atoms with E-state index in [0.717, 1.165) is 44.3 Å². The van der Waals surface area contributed by atoms with Crippen LogP contribution in [0.5, 0.6) is 5.75 Å². The van der Waals surface area contributed by atoms with Gasteiger partial charge >= 0.3 is 0 Å². The Kier molecular flexibility index (Phi) is 5.69. The summed E-state index contributed by atoms with van der Waals surface area (Å²) < 4.78 is 5.27. The standard InChI is InChI=1S/C18H29N3O/c1-5-19-17(21-12-10-18(2,3)14-21)20-11-9-15-7-6-8-16(13-15)22-4/h6-8,13H,5,9-12,14H2,1-4H3,(H,19,20). The Bertz CT molecular complexity index is 511. The Hall–Kier alpha value is -1.71. The quantitative estimate of drug-likeness (QED) is 0.671. The molecule has 0 bridgehead atoms. The van der Waals surface area contributed by atoms with Crippen LogP contribution in [0.25, 0.3) is 0 Å². The minimum Gasteiger partial charge on any atom is -0.497 e. The van der Waals surface area contributed by atoms with Crippen LogP contribution in [-0.4, -0.2) is 44.1 Å². The number of hydrogen-bond acceptors (Lipinski definition) is 2. The first kappa shape index (κ1) is 16.7. The number of guanidine groups is 1. The summed E-state index contributed by atoms with van der Waals surface area (Å²) in [6, 6.07) is 8.22. The highest BCUT2D eigenvalue weighted by atomic mass is 16.5. The Balaban J connectivity index is 1.95. The lowest BCUT2D eigenvalue weighted by atomic mass is 9.93. The maximum absolute atomic E-state index is 5.27. The van der Waals surface area contributed by atoms with Crippen molar-refractivity contribution in [3.05, 3.63) is 29.8 Å². The lowest BCUT2D eigenvalue weighted by Gasteiger charge is -2.23. The van der Waals surface area contributed by atoms with Gasteiger partial charge < -0.3 is 15.0 Å². The molecule has 0 spiro atoms. The molecule has 122 valence electrons. The van der Waals surface area contributed by atoms with Crippen LogP contribution < -0.4 is 10.1 Å². The molecule has 0 unspecified atom stereocenters. The topological polar surface area (TPSA) is 36.9 Å². The zero-order chi connectivity index (χ0) is 16.0. The molecular weight excluding hydrogens is 274 g/mol. The smallest absolute Gasteiger partial charge is 0.193 e. The number of ether oxygens (including phenoxy) is 1. The fourth-order valence-corrected chi connectivity index (χ4v) is 2.84. The van der Waals surface area contributed by atoms with E-state index in [1.807, 2.05) is 12.1 Å². The predicted molar refractivity (Wildman–Crippen MR) is 92.6 cm³/mol. The second-order valence-corrected chi connectivity index (χ2v) is 6.67. The third-order valence-corrected chi connectivity index (χ3v) is 4.11. The van der Waals surface area contributed by atoms with Crippen molar-refractivity contribution in [2.45, 2.75) is 33.6 Å². The van der Waals surface area contributed by atoms with Crippen LogP contribution in [0.2, 0.25) is 0 Å². The van der Waals surface area contributed by atoms with Crippen LogP contribution in [0, 0.1) is 5.41 Å². The molecule has 1 aliphatic rings. The van der Waals surface area contributed by atoms with Crippen molar-refractivity contribution in [2.75, 3.05) is 33.3 Å². The molecule has 0 saturated carbocycles. The molecule has 1 aromatic rings. The van der Waals surface area contributed by atoms with Gasteiger partial charge in [-0.05, 0) is 42.9 Å². The van der Waals surface area contributed by atoms with E-state index in [-0.39, 0.29) is 0 Å². The molecule has 0 radical (unpaired) electrons. The third-order valence-electron chi connectivity index (χ3n) is 4.11. The number of likely N-dealkylation sites (tertiary alicyclic amines) is 1. The highest BCUT2D eigenvalue weighted by Crippen LogP contribution is 2.28. The molecule has 2 rings (SSSR count). The zero-order valence-electron chi connectivity index (χ0n) is 14.4. The van der Waals surface area contributed by atoms with Gasteiger partial charge in [0.25, 0.3) is 0 Å². The van der Waals surface area contributed by atoms with Crippen LogP contribution in [0.15, 0.2) is 29.3 Å². The molecule has 1 aliphatic heterocycles. The third kappa shape index (κ3) is 4.65. The Morgan fingerprint density at radius 2 is 2.23 bits per heavy atom. The van der Waals surface area contributed by atoms with Gasteiger partial charge in [0, 0.05) is 26.2 Å². The van der Waals surface area contributed by atoms with Crippen LogP contribution in [0.4, 0.5) is 0 Å². The zero-order valence-corrected chi connectivity index (χ0v) is 14.4. The van der Waals surface area contributed by atoms with Gasteiger partial charge in [-0.25, -0.2) is 0 Å². The van der Waals surface area contributed by atoms with Gasteiger partial charge in [-0.15, -0.1) is 0 Å². The maximum atomic E-state index is 5.27. The Labute approximate surface area is 134 Å². The summed E-state index contributed by atoms with van der Waals surface area (Å²) in [5.41, 5.74) is 1.66. The molecule has 22 heavy (non-hydrogen) atoms. The van der Waals surface area contributed by atoms with E-state index in [1.54, 1.807) is 7.11 Å². The monoisotopic (exact) mass is 303 g/mol. The molecular formula is C18H29N3O. The summed E-state index contributed by atoms with van der Waals surface area (Å²) in [7, 11) is 1.70. The van der Waals surface area contributed by atoms with Crippen LogP contribution in [-0.2, 0) is 6.42 Å². The van der Waals surface area contributed by atoms with Gasteiger partial charge in [-0.2, -0.15) is 0 Å². The number of methoxy groups -OCH3 is 1. The number of hydrogen-bond donors (Lipinski definition) is 1. The van der Waals surface area contributed by atoms with Gasteiger partial charge in [0.05, 0.1) is 7.11 Å².